The molecule has 0 saturated carbocycles. The van der Waals surface area contributed by atoms with Gasteiger partial charge in [-0.2, -0.15) is 0 Å². The first kappa shape index (κ1) is 14.4. The number of phenols is 1. The van der Waals surface area contributed by atoms with E-state index >= 15 is 0 Å². The Labute approximate surface area is 122 Å². The van der Waals surface area contributed by atoms with Crippen molar-refractivity contribution in [3.05, 3.63) is 27.7 Å². The maximum atomic E-state index is 11.2. The van der Waals surface area contributed by atoms with Gasteiger partial charge in [0.15, 0.2) is 0 Å². The molecule has 0 spiro atoms. The molecule has 1 aliphatic heterocycles. The molecule has 1 heterocycles. The maximum absolute atomic E-state index is 11.2. The highest BCUT2D eigenvalue weighted by Gasteiger charge is 2.19. The number of piperazine rings is 1. The second kappa shape index (κ2) is 5.99. The summed E-state index contributed by atoms with van der Waals surface area (Å²) in [6.45, 7) is 5.21. The summed E-state index contributed by atoms with van der Waals surface area (Å²) in [4.78, 5) is 15.2. The van der Waals surface area contributed by atoms with Gasteiger partial charge in [-0.25, -0.2) is 0 Å². The Bertz CT molecular complexity index is 486. The molecular formula is C13H16Cl2N2O2. The van der Waals surface area contributed by atoms with E-state index in [2.05, 4.69) is 4.90 Å². The van der Waals surface area contributed by atoms with Gasteiger partial charge in [0.1, 0.15) is 5.75 Å². The van der Waals surface area contributed by atoms with E-state index in [4.69, 9.17) is 23.2 Å². The normalized spacial score (nSPS) is 16.7. The minimum absolute atomic E-state index is 0.108. The minimum Gasteiger partial charge on any atom is -0.508 e. The molecule has 4 nitrogen and oxygen atoms in total. The van der Waals surface area contributed by atoms with Crippen molar-refractivity contribution in [3.63, 3.8) is 0 Å². The average Bonchev–Trinajstić information content (AvgIpc) is 2.36. The lowest BCUT2D eigenvalue weighted by atomic mass is 10.1. The van der Waals surface area contributed by atoms with Crippen LogP contribution in [0, 0.1) is 0 Å². The van der Waals surface area contributed by atoms with Gasteiger partial charge in [-0.05, 0) is 6.07 Å². The number of carbonyl (C=O) groups excluding carboxylic acids is 1. The van der Waals surface area contributed by atoms with Gasteiger partial charge < -0.3 is 10.0 Å². The predicted octanol–water partition coefficient (Wildman–Crippen LogP) is 2.36. The SMILES string of the molecule is CC(=O)N1CCN(Cc2cc(Cl)c(Cl)cc2O)CC1. The van der Waals surface area contributed by atoms with Crippen LogP contribution < -0.4 is 0 Å². The van der Waals surface area contributed by atoms with Gasteiger partial charge in [-0.1, -0.05) is 23.2 Å². The summed E-state index contributed by atoms with van der Waals surface area (Å²) in [5, 5.41) is 10.6. The van der Waals surface area contributed by atoms with Crippen LogP contribution in [0.15, 0.2) is 12.1 Å². The molecule has 0 unspecified atom stereocenters. The van der Waals surface area contributed by atoms with Crippen LogP contribution in [-0.2, 0) is 11.3 Å². The van der Waals surface area contributed by atoms with Crippen molar-refractivity contribution in [2.75, 3.05) is 26.2 Å². The molecule has 0 aromatic heterocycles. The molecule has 1 aliphatic rings. The quantitative estimate of drug-likeness (QED) is 0.912. The molecule has 6 heteroatoms. The highest BCUT2D eigenvalue weighted by atomic mass is 35.5. The van der Waals surface area contributed by atoms with Gasteiger partial charge >= 0.3 is 0 Å². The minimum atomic E-state index is 0.108. The van der Waals surface area contributed by atoms with Crippen LogP contribution in [-0.4, -0.2) is 47.0 Å². The van der Waals surface area contributed by atoms with Gasteiger partial charge in [-0.3, -0.25) is 9.69 Å². The number of amides is 1. The van der Waals surface area contributed by atoms with Crippen LogP contribution in [0.25, 0.3) is 0 Å². The molecule has 1 fully saturated rings. The van der Waals surface area contributed by atoms with Crippen molar-refractivity contribution in [2.45, 2.75) is 13.5 Å². The summed E-state index contributed by atoms with van der Waals surface area (Å²) in [5.74, 6) is 0.264. The Morgan fingerprint density at radius 2 is 1.79 bits per heavy atom. The highest BCUT2D eigenvalue weighted by molar-refractivity contribution is 6.42. The largest absolute Gasteiger partial charge is 0.508 e. The highest BCUT2D eigenvalue weighted by Crippen LogP contribution is 2.30. The fraction of sp³-hybridized carbons (Fsp3) is 0.462. The van der Waals surface area contributed by atoms with Crippen LogP contribution in [0.3, 0.4) is 0 Å². The lowest BCUT2D eigenvalue weighted by Gasteiger charge is -2.34. The van der Waals surface area contributed by atoms with Crippen molar-refractivity contribution in [2.24, 2.45) is 0 Å². The number of phenolic OH excluding ortho intramolecular Hbond substituents is 1. The van der Waals surface area contributed by atoms with Crippen molar-refractivity contribution >= 4 is 29.1 Å². The number of aromatic hydroxyl groups is 1. The number of nitrogens with zero attached hydrogens (tertiary/aromatic N) is 2. The molecule has 1 aromatic carbocycles. The van der Waals surface area contributed by atoms with Gasteiger partial charge in [0, 0.05) is 51.3 Å². The van der Waals surface area contributed by atoms with Gasteiger partial charge in [-0.15, -0.1) is 0 Å². The Morgan fingerprint density at radius 1 is 1.21 bits per heavy atom. The van der Waals surface area contributed by atoms with E-state index < -0.39 is 0 Å². The van der Waals surface area contributed by atoms with E-state index in [1.807, 2.05) is 4.90 Å². The third-order valence-electron chi connectivity index (χ3n) is 3.33. The Kier molecular flexibility index (Phi) is 4.55. The van der Waals surface area contributed by atoms with E-state index in [1.54, 1.807) is 13.0 Å². The Balaban J connectivity index is 1.99. The first-order valence-electron chi connectivity index (χ1n) is 6.12. The average molecular weight is 303 g/mol. The second-order valence-electron chi connectivity index (χ2n) is 4.68. The van der Waals surface area contributed by atoms with Crippen LogP contribution in [0.1, 0.15) is 12.5 Å². The van der Waals surface area contributed by atoms with Gasteiger partial charge in [0.25, 0.3) is 0 Å². The molecular weight excluding hydrogens is 287 g/mol. The number of halogens is 2. The second-order valence-corrected chi connectivity index (χ2v) is 5.49. The van der Waals surface area contributed by atoms with E-state index in [0.29, 0.717) is 16.6 Å². The Hall–Kier alpha value is -0.970. The molecule has 2 rings (SSSR count). The summed E-state index contributed by atoms with van der Waals surface area (Å²) in [5.41, 5.74) is 0.755. The predicted molar refractivity (Wildman–Crippen MR) is 75.7 cm³/mol. The molecule has 0 atom stereocenters. The standard InChI is InChI=1S/C13H16Cl2N2O2/c1-9(18)17-4-2-16(3-5-17)8-10-6-11(14)12(15)7-13(10)19/h6-7,19H,2-5,8H2,1H3. The summed E-state index contributed by atoms with van der Waals surface area (Å²) in [6.07, 6.45) is 0. The Morgan fingerprint density at radius 3 is 2.37 bits per heavy atom. The van der Waals surface area contributed by atoms with E-state index in [9.17, 15) is 9.90 Å². The number of carbonyl (C=O) groups is 1. The van der Waals surface area contributed by atoms with Gasteiger partial charge in [0.05, 0.1) is 10.0 Å². The third-order valence-corrected chi connectivity index (χ3v) is 4.06. The van der Waals surface area contributed by atoms with Crippen molar-refractivity contribution in [3.8, 4) is 5.75 Å². The lowest BCUT2D eigenvalue weighted by molar-refractivity contribution is -0.130. The summed E-state index contributed by atoms with van der Waals surface area (Å²) < 4.78 is 0. The van der Waals surface area contributed by atoms with Crippen LogP contribution in [0.4, 0.5) is 0 Å². The van der Waals surface area contributed by atoms with Crippen LogP contribution >= 0.6 is 23.2 Å². The molecule has 0 radical (unpaired) electrons. The zero-order valence-electron chi connectivity index (χ0n) is 10.7. The maximum Gasteiger partial charge on any atom is 0.219 e. The first-order valence-corrected chi connectivity index (χ1v) is 6.87. The fourth-order valence-corrected chi connectivity index (χ4v) is 2.51. The fourth-order valence-electron chi connectivity index (χ4n) is 2.17. The van der Waals surface area contributed by atoms with E-state index in [-0.39, 0.29) is 11.7 Å². The molecule has 1 aromatic rings. The molecule has 19 heavy (non-hydrogen) atoms. The zero-order chi connectivity index (χ0) is 14.0. The van der Waals surface area contributed by atoms with Crippen molar-refractivity contribution < 1.29 is 9.90 Å². The number of rotatable bonds is 2. The number of hydrogen-bond acceptors (Lipinski definition) is 3. The molecule has 0 aliphatic carbocycles. The van der Waals surface area contributed by atoms with E-state index in [1.165, 1.54) is 6.07 Å². The molecule has 104 valence electrons. The smallest absolute Gasteiger partial charge is 0.219 e. The summed E-state index contributed by atoms with van der Waals surface area (Å²) in [6, 6.07) is 3.15. The molecule has 0 bridgehead atoms. The molecule has 1 saturated heterocycles. The third kappa shape index (κ3) is 3.53. The number of hydrogen-bond donors (Lipinski definition) is 1. The van der Waals surface area contributed by atoms with Crippen LogP contribution in [0.5, 0.6) is 5.75 Å². The molecule has 1 amide bonds. The topological polar surface area (TPSA) is 43.8 Å². The lowest BCUT2D eigenvalue weighted by Crippen LogP contribution is -2.47. The summed E-state index contributed by atoms with van der Waals surface area (Å²) in [7, 11) is 0. The monoisotopic (exact) mass is 302 g/mol. The van der Waals surface area contributed by atoms with Crippen molar-refractivity contribution in [1.29, 1.82) is 0 Å². The van der Waals surface area contributed by atoms with E-state index in [0.717, 1.165) is 31.7 Å². The van der Waals surface area contributed by atoms with Crippen molar-refractivity contribution in [1.82, 2.24) is 9.80 Å². The van der Waals surface area contributed by atoms with Gasteiger partial charge in [0.2, 0.25) is 5.91 Å². The molecule has 1 N–H and O–H groups in total. The zero-order valence-corrected chi connectivity index (χ0v) is 12.2. The summed E-state index contributed by atoms with van der Waals surface area (Å²) >= 11 is 11.8. The van der Waals surface area contributed by atoms with Crippen LogP contribution in [0.2, 0.25) is 10.0 Å². The first-order chi connectivity index (χ1) is 8.97. The number of benzene rings is 1.